The van der Waals surface area contributed by atoms with Crippen molar-refractivity contribution in [2.75, 3.05) is 11.1 Å². The van der Waals surface area contributed by atoms with Crippen LogP contribution in [0.15, 0.2) is 42.5 Å². The van der Waals surface area contributed by atoms with Crippen LogP contribution in [0.5, 0.6) is 0 Å². The van der Waals surface area contributed by atoms with E-state index in [0.717, 1.165) is 40.8 Å². The lowest BCUT2D eigenvalue weighted by Crippen LogP contribution is -2.25. The Morgan fingerprint density at radius 1 is 0.920 bits per heavy atom. The van der Waals surface area contributed by atoms with Gasteiger partial charge in [-0.15, -0.1) is 0 Å². The highest BCUT2D eigenvalue weighted by Crippen LogP contribution is 2.22. The molecule has 0 aliphatic rings. The molecule has 0 radical (unpaired) electrons. The number of sulfone groups is 1. The van der Waals surface area contributed by atoms with Crippen LogP contribution in [0.1, 0.15) is 36.1 Å². The van der Waals surface area contributed by atoms with Gasteiger partial charge in [0.15, 0.2) is 9.84 Å². The van der Waals surface area contributed by atoms with Crippen LogP contribution in [0.3, 0.4) is 0 Å². The number of nitrogens with one attached hydrogen (secondary N) is 1. The minimum absolute atomic E-state index is 0.122. The Bertz CT molecular complexity index is 835. The summed E-state index contributed by atoms with van der Waals surface area (Å²) in [5.74, 6) is -1.12. The van der Waals surface area contributed by atoms with Crippen molar-refractivity contribution in [3.05, 3.63) is 64.7 Å². The Balaban J connectivity index is 2.14. The quantitative estimate of drug-likeness (QED) is 0.820. The van der Waals surface area contributed by atoms with Crippen LogP contribution in [0.25, 0.3) is 0 Å². The molecule has 0 fully saturated rings. The smallest absolute Gasteiger partial charge is 0.239 e. The van der Waals surface area contributed by atoms with Gasteiger partial charge in [-0.05, 0) is 42.0 Å². The van der Waals surface area contributed by atoms with Gasteiger partial charge in [0.2, 0.25) is 5.91 Å². The van der Waals surface area contributed by atoms with Crippen molar-refractivity contribution in [3.8, 4) is 0 Å². The van der Waals surface area contributed by atoms with Crippen LogP contribution in [0, 0.1) is 6.92 Å². The molecule has 5 heteroatoms. The van der Waals surface area contributed by atoms with E-state index < -0.39 is 21.5 Å². The summed E-state index contributed by atoms with van der Waals surface area (Å²) in [5.41, 5.74) is 4.44. The van der Waals surface area contributed by atoms with E-state index >= 15 is 0 Å². The van der Waals surface area contributed by atoms with Crippen LogP contribution < -0.4 is 5.32 Å². The Kier molecular flexibility index (Phi) is 6.37. The number of aryl methyl sites for hydroxylation is 3. The van der Waals surface area contributed by atoms with Crippen molar-refractivity contribution >= 4 is 21.4 Å². The van der Waals surface area contributed by atoms with Crippen molar-refractivity contribution in [1.82, 2.24) is 0 Å². The van der Waals surface area contributed by atoms with Gasteiger partial charge in [-0.3, -0.25) is 4.79 Å². The molecule has 1 N–H and O–H groups in total. The van der Waals surface area contributed by atoms with Gasteiger partial charge < -0.3 is 5.32 Å². The third kappa shape index (κ3) is 5.16. The molecular weight excluding hydrogens is 334 g/mol. The number of anilines is 1. The van der Waals surface area contributed by atoms with Gasteiger partial charge in [-0.2, -0.15) is 0 Å². The summed E-state index contributed by atoms with van der Waals surface area (Å²) in [6.45, 7) is 5.90. The van der Waals surface area contributed by atoms with Crippen LogP contribution >= 0.6 is 0 Å². The van der Waals surface area contributed by atoms with Crippen LogP contribution in [-0.4, -0.2) is 20.1 Å². The van der Waals surface area contributed by atoms with Gasteiger partial charge in [-0.25, -0.2) is 8.42 Å². The minimum atomic E-state index is -3.53. The second-order valence-electron chi connectivity index (χ2n) is 6.17. The van der Waals surface area contributed by atoms with Crippen molar-refractivity contribution < 1.29 is 13.2 Å². The molecule has 0 aromatic heterocycles. The summed E-state index contributed by atoms with van der Waals surface area (Å²) in [5, 5.41) is 2.82. The van der Waals surface area contributed by atoms with Crippen molar-refractivity contribution in [1.29, 1.82) is 0 Å². The Morgan fingerprint density at radius 3 is 2.04 bits per heavy atom. The third-order valence-corrected chi connectivity index (χ3v) is 5.70. The molecule has 0 saturated carbocycles. The Hall–Kier alpha value is -2.14. The molecule has 0 aliphatic carbocycles. The average molecular weight is 359 g/mol. The summed E-state index contributed by atoms with van der Waals surface area (Å²) < 4.78 is 24.8. The molecule has 0 bridgehead atoms. The van der Waals surface area contributed by atoms with Gasteiger partial charge in [0.1, 0.15) is 5.75 Å². The first-order valence-electron chi connectivity index (χ1n) is 8.51. The zero-order valence-electron chi connectivity index (χ0n) is 15.0. The molecule has 2 aromatic rings. The SMILES string of the molecule is CCc1cccc(CC)c1NC(=O)CS(=O)(=O)Cc1ccccc1C. The van der Waals surface area contributed by atoms with E-state index in [-0.39, 0.29) is 5.75 Å². The second-order valence-corrected chi connectivity index (χ2v) is 8.23. The van der Waals surface area contributed by atoms with E-state index in [0.29, 0.717) is 0 Å². The van der Waals surface area contributed by atoms with Crippen LogP contribution in [0.2, 0.25) is 0 Å². The first-order valence-corrected chi connectivity index (χ1v) is 10.3. The molecule has 4 nitrogen and oxygen atoms in total. The predicted octanol–water partition coefficient (Wildman–Crippen LogP) is 3.67. The van der Waals surface area contributed by atoms with E-state index in [1.807, 2.05) is 57.2 Å². The summed E-state index contributed by atoms with van der Waals surface area (Å²) in [4.78, 5) is 12.3. The van der Waals surface area contributed by atoms with Gasteiger partial charge in [-0.1, -0.05) is 56.3 Å². The molecule has 0 atom stereocenters. The summed E-state index contributed by atoms with van der Waals surface area (Å²) in [7, 11) is -3.53. The van der Waals surface area contributed by atoms with Gasteiger partial charge in [0.05, 0.1) is 5.75 Å². The number of carbonyl (C=O) groups excluding carboxylic acids is 1. The largest absolute Gasteiger partial charge is 0.325 e. The fraction of sp³-hybridized carbons (Fsp3) is 0.350. The van der Waals surface area contributed by atoms with Gasteiger partial charge >= 0.3 is 0 Å². The third-order valence-electron chi connectivity index (χ3n) is 4.25. The molecule has 25 heavy (non-hydrogen) atoms. The zero-order chi connectivity index (χ0) is 18.4. The highest BCUT2D eigenvalue weighted by Gasteiger charge is 2.19. The van der Waals surface area contributed by atoms with Crippen molar-refractivity contribution in [2.45, 2.75) is 39.4 Å². The molecule has 134 valence electrons. The molecule has 0 saturated heterocycles. The normalized spacial score (nSPS) is 11.3. The maximum Gasteiger partial charge on any atom is 0.239 e. The number of para-hydroxylation sites is 1. The standard InChI is InChI=1S/C20H25NO3S/c1-4-16-11-8-12-17(5-2)20(16)21-19(22)14-25(23,24)13-18-10-7-6-9-15(18)3/h6-12H,4-5,13-14H2,1-3H3,(H,21,22). The first kappa shape index (κ1) is 19.2. The summed E-state index contributed by atoms with van der Waals surface area (Å²) in [6, 6.07) is 13.2. The topological polar surface area (TPSA) is 63.2 Å². The van der Waals surface area contributed by atoms with Crippen LogP contribution in [0.4, 0.5) is 5.69 Å². The van der Waals surface area contributed by atoms with Gasteiger partial charge in [0.25, 0.3) is 0 Å². The Labute approximate surface area is 150 Å². The molecule has 0 aliphatic heterocycles. The summed E-state index contributed by atoms with van der Waals surface area (Å²) in [6.07, 6.45) is 1.55. The summed E-state index contributed by atoms with van der Waals surface area (Å²) >= 11 is 0. The predicted molar refractivity (Wildman–Crippen MR) is 102 cm³/mol. The van der Waals surface area contributed by atoms with E-state index in [1.54, 1.807) is 6.07 Å². The minimum Gasteiger partial charge on any atom is -0.325 e. The molecule has 0 spiro atoms. The van der Waals surface area contributed by atoms with Gasteiger partial charge in [0, 0.05) is 5.69 Å². The first-order chi connectivity index (χ1) is 11.9. The number of hydrogen-bond donors (Lipinski definition) is 1. The number of hydrogen-bond acceptors (Lipinski definition) is 3. The molecule has 0 heterocycles. The maximum atomic E-state index is 12.4. The number of amides is 1. The van der Waals surface area contributed by atoms with E-state index in [4.69, 9.17) is 0 Å². The van der Waals surface area contributed by atoms with E-state index in [9.17, 15) is 13.2 Å². The second kappa shape index (κ2) is 8.30. The highest BCUT2D eigenvalue weighted by atomic mass is 32.2. The Morgan fingerprint density at radius 2 is 1.48 bits per heavy atom. The molecular formula is C20H25NO3S. The fourth-order valence-electron chi connectivity index (χ4n) is 2.84. The number of benzene rings is 2. The highest BCUT2D eigenvalue weighted by molar-refractivity contribution is 7.91. The fourth-order valence-corrected chi connectivity index (χ4v) is 4.21. The van der Waals surface area contributed by atoms with Crippen LogP contribution in [-0.2, 0) is 33.2 Å². The monoisotopic (exact) mass is 359 g/mol. The molecule has 1 amide bonds. The van der Waals surface area contributed by atoms with Crippen molar-refractivity contribution in [2.24, 2.45) is 0 Å². The van der Waals surface area contributed by atoms with E-state index in [2.05, 4.69) is 5.32 Å². The lowest BCUT2D eigenvalue weighted by Gasteiger charge is -2.14. The van der Waals surface area contributed by atoms with E-state index in [1.165, 1.54) is 0 Å². The maximum absolute atomic E-state index is 12.4. The molecule has 2 rings (SSSR count). The number of rotatable bonds is 7. The average Bonchev–Trinajstić information content (AvgIpc) is 2.56. The number of carbonyl (C=O) groups is 1. The molecule has 0 unspecified atom stereocenters. The zero-order valence-corrected chi connectivity index (χ0v) is 15.8. The van der Waals surface area contributed by atoms with Crippen molar-refractivity contribution in [3.63, 3.8) is 0 Å². The molecule has 2 aromatic carbocycles. The lowest BCUT2D eigenvalue weighted by atomic mass is 10.0. The lowest BCUT2D eigenvalue weighted by molar-refractivity contribution is -0.113.